The minimum absolute atomic E-state index is 0.147. The van der Waals surface area contributed by atoms with Crippen LogP contribution >= 0.6 is 0 Å². The molecule has 0 radical (unpaired) electrons. The molecule has 1 aliphatic rings. The van der Waals surface area contributed by atoms with Gasteiger partial charge in [0.25, 0.3) is 6.71 Å². The van der Waals surface area contributed by atoms with Crippen molar-refractivity contribution in [3.05, 3.63) is 41.2 Å². The molecular formula is C14H12BFN4. The van der Waals surface area contributed by atoms with Crippen molar-refractivity contribution in [2.75, 3.05) is 6.54 Å². The summed E-state index contributed by atoms with van der Waals surface area (Å²) in [6.45, 7) is 0.362. The molecule has 0 amide bonds. The number of nitriles is 2. The van der Waals surface area contributed by atoms with Crippen molar-refractivity contribution >= 4 is 18.1 Å². The molecule has 0 bridgehead atoms. The molecule has 6 heteroatoms. The van der Waals surface area contributed by atoms with E-state index in [1.54, 1.807) is 6.07 Å². The summed E-state index contributed by atoms with van der Waals surface area (Å²) in [5.41, 5.74) is 7.38. The van der Waals surface area contributed by atoms with Crippen molar-refractivity contribution in [1.29, 1.82) is 10.5 Å². The van der Waals surface area contributed by atoms with E-state index in [2.05, 4.69) is 11.0 Å². The third-order valence-electron chi connectivity index (χ3n) is 3.21. The van der Waals surface area contributed by atoms with Crippen LogP contribution in [0.3, 0.4) is 0 Å². The average molecular weight is 266 g/mol. The highest BCUT2D eigenvalue weighted by atomic mass is 19.1. The first-order chi connectivity index (χ1) is 9.65. The third kappa shape index (κ3) is 2.86. The van der Waals surface area contributed by atoms with E-state index in [9.17, 15) is 9.65 Å². The topological polar surface area (TPSA) is 86.0 Å². The molecule has 0 unspecified atom stereocenters. The Balaban J connectivity index is 2.41. The number of benzene rings is 1. The number of allylic oxidation sites excluding steroid dienone is 1. The molecule has 4 nitrogen and oxygen atoms in total. The predicted octanol–water partition coefficient (Wildman–Crippen LogP) is 2.03. The highest BCUT2D eigenvalue weighted by Gasteiger charge is 2.24. The second-order valence-electron chi connectivity index (χ2n) is 4.56. The minimum Gasteiger partial charge on any atom is -0.397 e. The zero-order chi connectivity index (χ0) is 14.5. The van der Waals surface area contributed by atoms with Crippen LogP contribution in [0, 0.1) is 28.4 Å². The second kappa shape index (κ2) is 6.03. The Kier molecular flexibility index (Phi) is 4.17. The van der Waals surface area contributed by atoms with E-state index in [0.717, 1.165) is 0 Å². The summed E-state index contributed by atoms with van der Waals surface area (Å²) < 4.78 is 13.2. The first kappa shape index (κ1) is 13.8. The van der Waals surface area contributed by atoms with Gasteiger partial charge in [-0.15, -0.1) is 0 Å². The second-order valence-corrected chi connectivity index (χ2v) is 4.56. The largest absolute Gasteiger partial charge is 0.397 e. The molecule has 1 aromatic carbocycles. The fourth-order valence-electron chi connectivity index (χ4n) is 2.13. The quantitative estimate of drug-likeness (QED) is 0.656. The summed E-state index contributed by atoms with van der Waals surface area (Å²) in [6, 6.07) is 7.79. The van der Waals surface area contributed by atoms with Gasteiger partial charge in [0.05, 0.1) is 11.3 Å². The van der Waals surface area contributed by atoms with Crippen LogP contribution in [0.15, 0.2) is 34.8 Å². The van der Waals surface area contributed by atoms with Crippen LogP contribution in [0.1, 0.15) is 5.56 Å². The van der Waals surface area contributed by atoms with Gasteiger partial charge >= 0.3 is 0 Å². The highest BCUT2D eigenvalue weighted by Crippen LogP contribution is 2.20. The zero-order valence-electron chi connectivity index (χ0n) is 10.8. The van der Waals surface area contributed by atoms with Crippen LogP contribution in [-0.2, 0) is 0 Å². The summed E-state index contributed by atoms with van der Waals surface area (Å²) in [6.07, 6.45) is 1.11. The monoisotopic (exact) mass is 266 g/mol. The smallest absolute Gasteiger partial charge is 0.275 e. The number of hydrogen-bond acceptors (Lipinski definition) is 4. The highest BCUT2D eigenvalue weighted by molar-refractivity contribution is 6.71. The SMILES string of the molecule is N#CB1CCN=C(C(C#N)=C(N)c2cccc(F)c2)C1. The lowest BCUT2D eigenvalue weighted by Crippen LogP contribution is -2.24. The van der Waals surface area contributed by atoms with E-state index in [0.29, 0.717) is 30.5 Å². The van der Waals surface area contributed by atoms with E-state index in [4.69, 9.17) is 11.0 Å². The lowest BCUT2D eigenvalue weighted by Gasteiger charge is -2.15. The molecule has 1 heterocycles. The Hall–Kier alpha value is -2.60. The van der Waals surface area contributed by atoms with E-state index < -0.39 is 5.82 Å². The predicted molar refractivity (Wildman–Crippen MR) is 76.4 cm³/mol. The van der Waals surface area contributed by atoms with Crippen LogP contribution < -0.4 is 5.73 Å². The van der Waals surface area contributed by atoms with E-state index in [-0.39, 0.29) is 18.0 Å². The van der Waals surface area contributed by atoms with Crippen molar-refractivity contribution in [2.45, 2.75) is 12.6 Å². The summed E-state index contributed by atoms with van der Waals surface area (Å²) in [5, 5.41) is 18.3. The van der Waals surface area contributed by atoms with Crippen molar-refractivity contribution in [3.8, 4) is 12.0 Å². The van der Waals surface area contributed by atoms with Crippen molar-refractivity contribution in [3.63, 3.8) is 0 Å². The summed E-state index contributed by atoms with van der Waals surface area (Å²) in [4.78, 5) is 4.28. The maximum Gasteiger partial charge on any atom is 0.275 e. The van der Waals surface area contributed by atoms with Crippen LogP contribution in [-0.4, -0.2) is 19.0 Å². The van der Waals surface area contributed by atoms with Crippen LogP contribution in [0.25, 0.3) is 5.70 Å². The lowest BCUT2D eigenvalue weighted by molar-refractivity contribution is 0.627. The summed E-state index contributed by atoms with van der Waals surface area (Å²) in [5.74, 6) is 1.77. The normalized spacial score (nSPS) is 15.8. The van der Waals surface area contributed by atoms with Gasteiger partial charge in [-0.25, -0.2) is 9.65 Å². The molecule has 1 aliphatic heterocycles. The molecular weight excluding hydrogens is 254 g/mol. The van der Waals surface area contributed by atoms with Crippen LogP contribution in [0.5, 0.6) is 0 Å². The van der Waals surface area contributed by atoms with Crippen LogP contribution in [0.2, 0.25) is 12.6 Å². The molecule has 0 spiro atoms. The van der Waals surface area contributed by atoms with Gasteiger partial charge in [0, 0.05) is 23.8 Å². The van der Waals surface area contributed by atoms with E-state index in [1.165, 1.54) is 18.2 Å². The number of nitrogens with two attached hydrogens (primary N) is 1. The number of hydrogen-bond donors (Lipinski definition) is 1. The first-order valence-corrected chi connectivity index (χ1v) is 6.24. The van der Waals surface area contributed by atoms with Gasteiger partial charge in [-0.1, -0.05) is 12.1 Å². The number of aliphatic imine (C=N–C) groups is 1. The van der Waals surface area contributed by atoms with Gasteiger partial charge in [-0.3, -0.25) is 4.99 Å². The van der Waals surface area contributed by atoms with Crippen molar-refractivity contribution < 1.29 is 4.39 Å². The maximum absolute atomic E-state index is 13.2. The number of rotatable bonds is 2. The van der Waals surface area contributed by atoms with Gasteiger partial charge in [0.2, 0.25) is 0 Å². The molecule has 2 rings (SSSR count). The van der Waals surface area contributed by atoms with Crippen molar-refractivity contribution in [2.24, 2.45) is 10.7 Å². The van der Waals surface area contributed by atoms with E-state index in [1.807, 2.05) is 6.07 Å². The van der Waals surface area contributed by atoms with Crippen LogP contribution in [0.4, 0.5) is 4.39 Å². The molecule has 20 heavy (non-hydrogen) atoms. The molecule has 0 atom stereocenters. The van der Waals surface area contributed by atoms with Gasteiger partial charge in [-0.05, 0) is 24.8 Å². The zero-order valence-corrected chi connectivity index (χ0v) is 10.8. The van der Waals surface area contributed by atoms with E-state index >= 15 is 0 Å². The fraction of sp³-hybridized carbons (Fsp3) is 0.214. The molecule has 98 valence electrons. The van der Waals surface area contributed by atoms with Gasteiger partial charge in [0.15, 0.2) is 0 Å². The Labute approximate surface area is 117 Å². The Morgan fingerprint density at radius 3 is 2.85 bits per heavy atom. The number of nitrogens with zero attached hydrogens (tertiary/aromatic N) is 3. The molecule has 0 fully saturated rings. The Morgan fingerprint density at radius 2 is 2.20 bits per heavy atom. The third-order valence-corrected chi connectivity index (χ3v) is 3.21. The van der Waals surface area contributed by atoms with Gasteiger partial charge < -0.3 is 5.73 Å². The fourth-order valence-corrected chi connectivity index (χ4v) is 2.13. The molecule has 0 saturated carbocycles. The Bertz CT molecular complexity index is 666. The first-order valence-electron chi connectivity index (χ1n) is 6.24. The Morgan fingerprint density at radius 1 is 1.40 bits per heavy atom. The molecule has 0 aliphatic carbocycles. The molecule has 1 aromatic rings. The van der Waals surface area contributed by atoms with Gasteiger partial charge in [-0.2, -0.15) is 5.26 Å². The molecule has 0 aromatic heterocycles. The lowest BCUT2D eigenvalue weighted by atomic mass is 9.44. The van der Waals surface area contributed by atoms with Crippen molar-refractivity contribution in [1.82, 2.24) is 0 Å². The molecule has 2 N–H and O–H groups in total. The minimum atomic E-state index is -0.414. The van der Waals surface area contributed by atoms with Gasteiger partial charge in [0.1, 0.15) is 11.9 Å². The maximum atomic E-state index is 13.2. The summed E-state index contributed by atoms with van der Waals surface area (Å²) in [7, 11) is 0. The average Bonchev–Trinajstić information content (AvgIpc) is 2.48. The number of halogens is 1. The molecule has 0 saturated heterocycles. The standard InChI is InChI=1S/C14H12BFN4/c16-11-3-1-2-10(6-11)14(19)12(8-17)13-7-15(9-18)4-5-20-13/h1-3,6H,4-5,7,19H2. The summed E-state index contributed by atoms with van der Waals surface area (Å²) >= 11 is 0.